The molecule has 0 saturated heterocycles. The smallest absolute Gasteiger partial charge is 0.0443 e. The van der Waals surface area contributed by atoms with Crippen LogP contribution in [-0.4, -0.2) is 0 Å². The second kappa shape index (κ2) is 77.8. The molecular weight excluding hydrogens is 511 g/mol. The Bertz CT molecular complexity index is 216. The van der Waals surface area contributed by atoms with Crippen LogP contribution in [0.1, 0.15) is 253 Å². The molecule has 0 amide bonds. The van der Waals surface area contributed by atoms with E-state index in [4.69, 9.17) is 0 Å². The molecule has 0 N–H and O–H groups in total. The standard InChI is InChI=1S/2C9H18.C8H16.6C2H6.2CH4.H3P/c2*1-9-7-5-3-2-4-6-8-9;1-2-4-6-8-7-5-3-1;6*1-2;;;/h2*9H,2-8H2,1H3;1-8H2;6*1-2H3;2*1H4;1H3. The highest BCUT2D eigenvalue weighted by molar-refractivity contribution is 6.92. The van der Waals surface area contributed by atoms with Gasteiger partial charge in [0.15, 0.2) is 0 Å². The molecule has 0 aromatic carbocycles. The van der Waals surface area contributed by atoms with Gasteiger partial charge in [-0.25, -0.2) is 0 Å². The SMILES string of the molecule is C.C.C1CCCCCCC1.CC.CC.CC.CC.CC.CC.CC1CCCCCCC1.CC1CCCCCCC1.P. The average Bonchev–Trinajstić information content (AvgIpc) is 2.96. The van der Waals surface area contributed by atoms with E-state index < -0.39 is 0 Å². The van der Waals surface area contributed by atoms with E-state index in [-0.39, 0.29) is 24.8 Å². The molecule has 0 nitrogen and oxygen atoms in total. The minimum atomic E-state index is 0. The van der Waals surface area contributed by atoms with Gasteiger partial charge in [-0.2, -0.15) is 9.90 Å². The summed E-state index contributed by atoms with van der Waals surface area (Å²) in [5.74, 6) is 2.04. The van der Waals surface area contributed by atoms with Gasteiger partial charge in [0.2, 0.25) is 0 Å². The molecule has 0 radical (unpaired) electrons. The van der Waals surface area contributed by atoms with Crippen LogP contribution in [0.4, 0.5) is 0 Å². The lowest BCUT2D eigenvalue weighted by molar-refractivity contribution is 0.404. The van der Waals surface area contributed by atoms with E-state index in [1.165, 1.54) is 141 Å². The summed E-state index contributed by atoms with van der Waals surface area (Å²) in [4.78, 5) is 0. The normalized spacial score (nSPS) is 16.5. The molecule has 0 heterocycles. The average molecular weight is 611 g/mol. The molecule has 1 heteroatoms. The van der Waals surface area contributed by atoms with Crippen LogP contribution in [0.25, 0.3) is 0 Å². The Labute approximate surface area is 274 Å². The maximum Gasteiger partial charge on any atom is -0.0443 e. The fourth-order valence-corrected chi connectivity index (χ4v) is 4.73. The van der Waals surface area contributed by atoms with Crippen molar-refractivity contribution >= 4 is 9.90 Å². The van der Waals surface area contributed by atoms with Gasteiger partial charge < -0.3 is 0 Å². The maximum atomic E-state index is 2.39. The second-order valence-corrected chi connectivity index (χ2v) is 9.73. The summed E-state index contributed by atoms with van der Waals surface area (Å²) in [5, 5.41) is 0. The molecule has 0 aromatic heterocycles. The highest BCUT2D eigenvalue weighted by Crippen LogP contribution is 2.22. The zero-order valence-electron chi connectivity index (χ0n) is 31.4. The molecule has 0 aromatic rings. The third kappa shape index (κ3) is 73.9. The second-order valence-electron chi connectivity index (χ2n) is 9.73. The third-order valence-electron chi connectivity index (χ3n) is 6.79. The third-order valence-corrected chi connectivity index (χ3v) is 6.79. The predicted molar refractivity (Wildman–Crippen MR) is 213 cm³/mol. The van der Waals surface area contributed by atoms with Crippen molar-refractivity contribution < 1.29 is 0 Å². The molecule has 0 spiro atoms. The number of hydrogen-bond acceptors (Lipinski definition) is 0. The van der Waals surface area contributed by atoms with Crippen molar-refractivity contribution in [2.45, 2.75) is 253 Å². The molecule has 0 aliphatic heterocycles. The molecule has 1 atom stereocenters. The first kappa shape index (κ1) is 64.4. The quantitative estimate of drug-likeness (QED) is 0.239. The zero-order chi connectivity index (χ0) is 30.7. The van der Waals surface area contributed by atoms with Gasteiger partial charge in [0.1, 0.15) is 0 Å². The van der Waals surface area contributed by atoms with E-state index in [1.54, 1.807) is 0 Å². The summed E-state index contributed by atoms with van der Waals surface area (Å²) in [6.07, 6.45) is 32.8. The monoisotopic (exact) mass is 611 g/mol. The zero-order valence-corrected chi connectivity index (χ0v) is 32.8. The van der Waals surface area contributed by atoms with Crippen molar-refractivity contribution in [3.8, 4) is 0 Å². The summed E-state index contributed by atoms with van der Waals surface area (Å²) in [5.41, 5.74) is 0. The topological polar surface area (TPSA) is 0 Å². The van der Waals surface area contributed by atoms with E-state index in [1.807, 2.05) is 83.1 Å². The van der Waals surface area contributed by atoms with Crippen molar-refractivity contribution in [3.05, 3.63) is 0 Å². The highest BCUT2D eigenvalue weighted by atomic mass is 31.0. The Kier molecular flexibility index (Phi) is 122. The van der Waals surface area contributed by atoms with Crippen LogP contribution in [0.5, 0.6) is 0 Å². The lowest BCUT2D eigenvalue weighted by Gasteiger charge is -2.13. The molecule has 264 valence electrons. The van der Waals surface area contributed by atoms with Crippen LogP contribution in [0.2, 0.25) is 0 Å². The molecule has 3 fully saturated rings. The van der Waals surface area contributed by atoms with Crippen molar-refractivity contribution in [3.63, 3.8) is 0 Å². The lowest BCUT2D eigenvalue weighted by Crippen LogP contribution is -1.97. The van der Waals surface area contributed by atoms with Gasteiger partial charge in [0.05, 0.1) is 0 Å². The molecule has 0 bridgehead atoms. The molecule has 3 saturated carbocycles. The maximum absolute atomic E-state index is 2.39. The summed E-state index contributed by atoms with van der Waals surface area (Å²) in [6.45, 7) is 28.8. The van der Waals surface area contributed by atoms with E-state index in [9.17, 15) is 0 Å². The molecule has 3 aliphatic carbocycles. The van der Waals surface area contributed by atoms with Crippen molar-refractivity contribution in [1.82, 2.24) is 0 Å². The van der Waals surface area contributed by atoms with E-state index >= 15 is 0 Å². The van der Waals surface area contributed by atoms with E-state index in [0.717, 1.165) is 11.8 Å². The fraction of sp³-hybridized carbons (Fsp3) is 1.00. The van der Waals surface area contributed by atoms with Crippen LogP contribution in [0.15, 0.2) is 0 Å². The number of rotatable bonds is 0. The van der Waals surface area contributed by atoms with Gasteiger partial charge in [-0.1, -0.05) is 253 Å². The largest absolute Gasteiger partial charge is 0.153 e. The highest BCUT2D eigenvalue weighted by Gasteiger charge is 2.05. The summed E-state index contributed by atoms with van der Waals surface area (Å²) in [6, 6.07) is 0. The molecule has 3 rings (SSSR count). The van der Waals surface area contributed by atoms with Crippen LogP contribution in [0.3, 0.4) is 0 Å². The summed E-state index contributed by atoms with van der Waals surface area (Å²) < 4.78 is 0. The Morgan fingerprint density at radius 2 is 0.341 bits per heavy atom. The van der Waals surface area contributed by atoms with E-state index in [2.05, 4.69) is 13.8 Å². The van der Waals surface area contributed by atoms with Gasteiger partial charge in [0, 0.05) is 0 Å². The van der Waals surface area contributed by atoms with Gasteiger partial charge in [0.25, 0.3) is 0 Å². The van der Waals surface area contributed by atoms with Crippen molar-refractivity contribution in [1.29, 1.82) is 0 Å². The van der Waals surface area contributed by atoms with Crippen LogP contribution >= 0.6 is 9.90 Å². The summed E-state index contributed by atoms with van der Waals surface area (Å²) >= 11 is 0. The predicted octanol–water partition coefficient (Wildman–Crippen LogP) is 17.3. The van der Waals surface area contributed by atoms with Crippen LogP contribution in [-0.2, 0) is 0 Å². The first-order chi connectivity index (χ1) is 18.8. The van der Waals surface area contributed by atoms with Crippen molar-refractivity contribution in [2.75, 3.05) is 0 Å². The van der Waals surface area contributed by atoms with Gasteiger partial charge in [-0.3, -0.25) is 0 Å². The number of hydrogen-bond donors (Lipinski definition) is 0. The molecular formula is C40H99P. The fourth-order valence-electron chi connectivity index (χ4n) is 4.73. The minimum Gasteiger partial charge on any atom is -0.153 e. The molecule has 1 unspecified atom stereocenters. The Morgan fingerprint density at radius 1 is 0.244 bits per heavy atom. The first-order valence-electron chi connectivity index (χ1n) is 18.8. The van der Waals surface area contributed by atoms with Crippen molar-refractivity contribution in [2.24, 2.45) is 11.8 Å². The first-order valence-corrected chi connectivity index (χ1v) is 18.8. The van der Waals surface area contributed by atoms with Crippen LogP contribution < -0.4 is 0 Å². The van der Waals surface area contributed by atoms with Gasteiger partial charge in [-0.05, 0) is 11.8 Å². The van der Waals surface area contributed by atoms with E-state index in [0.29, 0.717) is 0 Å². The lowest BCUT2D eigenvalue weighted by atomic mass is 9.93. The molecule has 41 heavy (non-hydrogen) atoms. The van der Waals surface area contributed by atoms with Gasteiger partial charge in [-0.15, -0.1) is 0 Å². The Hall–Kier alpha value is 0.430. The molecule has 3 aliphatic rings. The Balaban J connectivity index is -0.0000000438. The van der Waals surface area contributed by atoms with Crippen LogP contribution in [0, 0.1) is 11.8 Å². The van der Waals surface area contributed by atoms with Gasteiger partial charge >= 0.3 is 0 Å². The Morgan fingerprint density at radius 3 is 0.463 bits per heavy atom. The minimum absolute atomic E-state index is 0. The summed E-state index contributed by atoms with van der Waals surface area (Å²) in [7, 11) is 0.